The third kappa shape index (κ3) is 2.18. The van der Waals surface area contributed by atoms with Gasteiger partial charge in [-0.15, -0.1) is 0 Å². The van der Waals surface area contributed by atoms with E-state index >= 15 is 0 Å². The molecular formula is C12H13N3O. The van der Waals surface area contributed by atoms with Gasteiger partial charge >= 0.3 is 0 Å². The van der Waals surface area contributed by atoms with E-state index in [1.54, 1.807) is 0 Å². The molecule has 1 aliphatic heterocycles. The van der Waals surface area contributed by atoms with Crippen LogP contribution in [0.15, 0.2) is 34.3 Å². The Bertz CT molecular complexity index is 444. The highest BCUT2D eigenvalue weighted by molar-refractivity contribution is 5.99. The maximum Gasteiger partial charge on any atom is 0.235 e. The molecule has 4 nitrogen and oxygen atoms in total. The first-order valence-electron chi connectivity index (χ1n) is 5.20. The second-order valence-corrected chi connectivity index (χ2v) is 3.73. The summed E-state index contributed by atoms with van der Waals surface area (Å²) in [6.07, 6.45) is 1.54. The van der Waals surface area contributed by atoms with Crippen molar-refractivity contribution in [2.24, 2.45) is 9.98 Å². The molecule has 0 saturated heterocycles. The Morgan fingerprint density at radius 1 is 1.44 bits per heavy atom. The summed E-state index contributed by atoms with van der Waals surface area (Å²) in [5.74, 6) is 1.03. The third-order valence-electron chi connectivity index (χ3n) is 2.60. The van der Waals surface area contributed by atoms with Gasteiger partial charge in [0.05, 0.1) is 13.1 Å². The molecule has 4 heteroatoms. The number of rotatable bonds is 3. The summed E-state index contributed by atoms with van der Waals surface area (Å²) in [6.45, 7) is 2.24. The van der Waals surface area contributed by atoms with E-state index in [9.17, 15) is 4.79 Å². The Balaban J connectivity index is 2.16. The number of amidine groups is 1. The minimum atomic E-state index is 0.395. The summed E-state index contributed by atoms with van der Waals surface area (Å²) < 4.78 is 0. The standard InChI is InChI=1S/C12H13N3O/c1-15-7-6-14-12(15)11-4-2-10(3-5-11)8-13-9-16/h2-5H,6-8H2,1H3. The van der Waals surface area contributed by atoms with Crippen LogP contribution in [0.1, 0.15) is 11.1 Å². The first-order valence-corrected chi connectivity index (χ1v) is 5.20. The molecular weight excluding hydrogens is 202 g/mol. The predicted molar refractivity (Wildman–Crippen MR) is 62.3 cm³/mol. The quantitative estimate of drug-likeness (QED) is 0.562. The van der Waals surface area contributed by atoms with Gasteiger partial charge in [-0.25, -0.2) is 9.79 Å². The van der Waals surface area contributed by atoms with Gasteiger partial charge in [-0.1, -0.05) is 24.3 Å². The van der Waals surface area contributed by atoms with Gasteiger partial charge in [0.25, 0.3) is 0 Å². The molecule has 1 aliphatic rings. The Labute approximate surface area is 94.3 Å². The van der Waals surface area contributed by atoms with Gasteiger partial charge in [0.1, 0.15) is 5.84 Å². The summed E-state index contributed by atoms with van der Waals surface area (Å²) >= 11 is 0. The van der Waals surface area contributed by atoms with Crippen LogP contribution in [0.25, 0.3) is 0 Å². The fourth-order valence-electron chi connectivity index (χ4n) is 1.73. The largest absolute Gasteiger partial charge is 0.358 e. The molecule has 82 valence electrons. The molecule has 0 radical (unpaired) electrons. The fourth-order valence-corrected chi connectivity index (χ4v) is 1.73. The number of hydrogen-bond donors (Lipinski definition) is 0. The van der Waals surface area contributed by atoms with Crippen molar-refractivity contribution in [2.75, 3.05) is 20.1 Å². The van der Waals surface area contributed by atoms with Crippen molar-refractivity contribution < 1.29 is 4.79 Å². The van der Waals surface area contributed by atoms with Gasteiger partial charge in [0.2, 0.25) is 6.08 Å². The second kappa shape index (κ2) is 4.73. The van der Waals surface area contributed by atoms with Crippen LogP contribution in [0.4, 0.5) is 0 Å². The van der Waals surface area contributed by atoms with Gasteiger partial charge in [0, 0.05) is 19.2 Å². The van der Waals surface area contributed by atoms with E-state index < -0.39 is 0 Å². The third-order valence-corrected chi connectivity index (χ3v) is 2.60. The number of nitrogens with zero attached hydrogens (tertiary/aromatic N) is 3. The molecule has 0 amide bonds. The number of aliphatic imine (C=N–C) groups is 2. The number of hydrogen-bond acceptors (Lipinski definition) is 4. The molecule has 0 N–H and O–H groups in total. The van der Waals surface area contributed by atoms with Crippen molar-refractivity contribution in [3.05, 3.63) is 35.4 Å². The van der Waals surface area contributed by atoms with Gasteiger partial charge in [-0.05, 0) is 5.56 Å². The van der Waals surface area contributed by atoms with Gasteiger partial charge in [-0.3, -0.25) is 4.99 Å². The number of benzene rings is 1. The zero-order valence-corrected chi connectivity index (χ0v) is 9.18. The van der Waals surface area contributed by atoms with Gasteiger partial charge in [-0.2, -0.15) is 0 Å². The average Bonchev–Trinajstić information content (AvgIpc) is 2.74. The molecule has 2 rings (SSSR count). The Morgan fingerprint density at radius 3 is 2.75 bits per heavy atom. The van der Waals surface area contributed by atoms with Crippen LogP contribution in [0.3, 0.4) is 0 Å². The Morgan fingerprint density at radius 2 is 2.19 bits per heavy atom. The molecule has 1 aromatic carbocycles. The van der Waals surface area contributed by atoms with Crippen LogP contribution in [-0.4, -0.2) is 37.0 Å². The van der Waals surface area contributed by atoms with E-state index in [1.807, 2.05) is 31.3 Å². The number of carbonyl (C=O) groups excluding carboxylic acids is 1. The van der Waals surface area contributed by atoms with Crippen LogP contribution >= 0.6 is 0 Å². The Hall–Kier alpha value is -1.93. The lowest BCUT2D eigenvalue weighted by Crippen LogP contribution is -2.23. The SMILES string of the molecule is CN1CCN=C1c1ccc(CN=C=O)cc1. The van der Waals surface area contributed by atoms with Crippen LogP contribution in [-0.2, 0) is 11.3 Å². The van der Waals surface area contributed by atoms with E-state index in [0.717, 1.165) is 30.1 Å². The van der Waals surface area contributed by atoms with Crippen LogP contribution in [0.5, 0.6) is 0 Å². The first kappa shape index (κ1) is 10.6. The summed E-state index contributed by atoms with van der Waals surface area (Å²) in [4.78, 5) is 20.1. The molecule has 0 bridgehead atoms. The van der Waals surface area contributed by atoms with Crippen molar-refractivity contribution in [3.8, 4) is 0 Å². The van der Waals surface area contributed by atoms with Crippen molar-refractivity contribution in [2.45, 2.75) is 6.54 Å². The van der Waals surface area contributed by atoms with Gasteiger partial charge < -0.3 is 4.90 Å². The van der Waals surface area contributed by atoms with E-state index in [0.29, 0.717) is 6.54 Å². The van der Waals surface area contributed by atoms with Crippen molar-refractivity contribution in [1.82, 2.24) is 4.90 Å². The maximum atomic E-state index is 9.98. The second-order valence-electron chi connectivity index (χ2n) is 3.73. The van der Waals surface area contributed by atoms with Crippen molar-refractivity contribution in [3.63, 3.8) is 0 Å². The van der Waals surface area contributed by atoms with E-state index in [1.165, 1.54) is 6.08 Å². The lowest BCUT2D eigenvalue weighted by atomic mass is 10.1. The summed E-state index contributed by atoms with van der Waals surface area (Å²) in [6, 6.07) is 7.95. The van der Waals surface area contributed by atoms with Crippen molar-refractivity contribution in [1.29, 1.82) is 0 Å². The highest BCUT2D eigenvalue weighted by Crippen LogP contribution is 2.11. The Kier molecular flexibility index (Phi) is 3.13. The lowest BCUT2D eigenvalue weighted by molar-refractivity contribution is 0.557. The number of isocyanates is 1. The molecule has 0 aliphatic carbocycles. The molecule has 0 aromatic heterocycles. The lowest BCUT2D eigenvalue weighted by Gasteiger charge is -2.13. The zero-order valence-electron chi connectivity index (χ0n) is 9.18. The predicted octanol–water partition coefficient (Wildman–Crippen LogP) is 1.21. The fraction of sp³-hybridized carbons (Fsp3) is 0.333. The molecule has 0 fully saturated rings. The molecule has 0 spiro atoms. The molecule has 16 heavy (non-hydrogen) atoms. The van der Waals surface area contributed by atoms with Crippen LogP contribution in [0, 0.1) is 0 Å². The van der Waals surface area contributed by atoms with E-state index in [-0.39, 0.29) is 0 Å². The van der Waals surface area contributed by atoms with Crippen LogP contribution < -0.4 is 0 Å². The molecule has 0 saturated carbocycles. The minimum Gasteiger partial charge on any atom is -0.358 e. The zero-order chi connectivity index (χ0) is 11.4. The topological polar surface area (TPSA) is 45.0 Å². The monoisotopic (exact) mass is 215 g/mol. The molecule has 1 aromatic rings. The van der Waals surface area contributed by atoms with Crippen molar-refractivity contribution >= 4 is 11.9 Å². The molecule has 0 atom stereocenters. The normalized spacial score (nSPS) is 14.6. The van der Waals surface area contributed by atoms with E-state index in [2.05, 4.69) is 14.9 Å². The average molecular weight is 215 g/mol. The minimum absolute atomic E-state index is 0.395. The molecule has 0 unspecified atom stereocenters. The summed E-state index contributed by atoms with van der Waals surface area (Å²) in [7, 11) is 2.04. The van der Waals surface area contributed by atoms with E-state index in [4.69, 9.17) is 0 Å². The maximum absolute atomic E-state index is 9.98. The van der Waals surface area contributed by atoms with Gasteiger partial charge in [0.15, 0.2) is 0 Å². The highest BCUT2D eigenvalue weighted by atomic mass is 16.1. The number of likely N-dealkylation sites (N-methyl/N-ethyl adjacent to an activating group) is 1. The molecule has 1 heterocycles. The summed E-state index contributed by atoms with van der Waals surface area (Å²) in [5, 5.41) is 0. The van der Waals surface area contributed by atoms with Crippen LogP contribution in [0.2, 0.25) is 0 Å². The highest BCUT2D eigenvalue weighted by Gasteiger charge is 2.13. The smallest absolute Gasteiger partial charge is 0.235 e. The summed E-state index contributed by atoms with van der Waals surface area (Å²) in [5.41, 5.74) is 2.12. The first-order chi connectivity index (χ1) is 7.81.